The molecule has 0 spiro atoms. The second-order valence-electron chi connectivity index (χ2n) is 7.07. The van der Waals surface area contributed by atoms with Crippen molar-refractivity contribution in [2.45, 2.75) is 12.8 Å². The highest BCUT2D eigenvalue weighted by Gasteiger charge is 2.34. The maximum Gasteiger partial charge on any atom is 0.293 e. The van der Waals surface area contributed by atoms with Crippen molar-refractivity contribution in [2.24, 2.45) is 0 Å². The van der Waals surface area contributed by atoms with E-state index in [0.717, 1.165) is 16.7 Å². The molecule has 2 aromatic rings. The minimum absolute atomic E-state index is 0.0156. The lowest BCUT2D eigenvalue weighted by Gasteiger charge is -2.12. The van der Waals surface area contributed by atoms with Gasteiger partial charge >= 0.3 is 0 Å². The molecule has 3 N–H and O–H groups in total. The van der Waals surface area contributed by atoms with Gasteiger partial charge in [0.15, 0.2) is 11.5 Å². The first-order valence-electron chi connectivity index (χ1n) is 10.2. The lowest BCUT2D eigenvalue weighted by Crippen LogP contribution is -2.42. The van der Waals surface area contributed by atoms with Crippen molar-refractivity contribution in [1.29, 1.82) is 0 Å². The number of aromatic hydroxyl groups is 1. The molecule has 0 unspecified atom stereocenters. The SMILES string of the molecule is COc1ccc(/C=C2\SC(=O)N(CCCC(=O)NNC(=O)c3ccccc3O)C2=O)cc1OC. The zero-order valence-electron chi connectivity index (χ0n) is 18.5. The van der Waals surface area contributed by atoms with Crippen LogP contribution in [-0.2, 0) is 9.59 Å². The number of phenolic OH excluding ortho intramolecular Hbond substituents is 1. The number of amides is 4. The molecule has 0 aliphatic carbocycles. The molecule has 178 valence electrons. The van der Waals surface area contributed by atoms with Gasteiger partial charge in [0.1, 0.15) is 5.75 Å². The van der Waals surface area contributed by atoms with Crippen molar-refractivity contribution in [3.63, 3.8) is 0 Å². The molecule has 1 aliphatic rings. The van der Waals surface area contributed by atoms with Gasteiger partial charge in [-0.3, -0.25) is 34.9 Å². The number of methoxy groups -OCH3 is 2. The van der Waals surface area contributed by atoms with Gasteiger partial charge in [-0.25, -0.2) is 0 Å². The zero-order chi connectivity index (χ0) is 24.7. The molecule has 0 radical (unpaired) electrons. The van der Waals surface area contributed by atoms with Gasteiger partial charge in [0.25, 0.3) is 17.1 Å². The van der Waals surface area contributed by atoms with Crippen molar-refractivity contribution in [3.05, 3.63) is 58.5 Å². The van der Waals surface area contributed by atoms with Crippen molar-refractivity contribution in [2.75, 3.05) is 20.8 Å². The predicted octanol–water partition coefficient (Wildman–Crippen LogP) is 2.69. The van der Waals surface area contributed by atoms with Gasteiger partial charge < -0.3 is 14.6 Å². The third-order valence-electron chi connectivity index (χ3n) is 4.83. The maximum atomic E-state index is 12.7. The third kappa shape index (κ3) is 5.87. The molecule has 3 rings (SSSR count). The molecule has 0 saturated carbocycles. The summed E-state index contributed by atoms with van der Waals surface area (Å²) in [5, 5.41) is 9.24. The van der Waals surface area contributed by atoms with E-state index in [4.69, 9.17) is 9.47 Å². The molecule has 34 heavy (non-hydrogen) atoms. The number of imide groups is 1. The lowest BCUT2D eigenvalue weighted by molar-refractivity contribution is -0.124. The van der Waals surface area contributed by atoms with Gasteiger partial charge in [-0.1, -0.05) is 18.2 Å². The van der Waals surface area contributed by atoms with E-state index in [2.05, 4.69) is 10.9 Å². The topological polar surface area (TPSA) is 134 Å². The zero-order valence-corrected chi connectivity index (χ0v) is 19.3. The molecule has 1 aliphatic heterocycles. The van der Waals surface area contributed by atoms with Crippen LogP contribution in [-0.4, -0.2) is 53.7 Å². The average molecular weight is 486 g/mol. The van der Waals surface area contributed by atoms with Gasteiger partial charge in [0.2, 0.25) is 5.91 Å². The Kier molecular flexibility index (Phi) is 8.14. The molecular weight excluding hydrogens is 462 g/mol. The third-order valence-corrected chi connectivity index (χ3v) is 5.74. The second kappa shape index (κ2) is 11.2. The maximum absolute atomic E-state index is 12.7. The van der Waals surface area contributed by atoms with Gasteiger partial charge in [0, 0.05) is 13.0 Å². The molecule has 4 amide bonds. The number of para-hydroxylation sites is 1. The molecule has 2 aromatic carbocycles. The molecule has 1 heterocycles. The summed E-state index contributed by atoms with van der Waals surface area (Å²) in [7, 11) is 3.02. The molecule has 0 aromatic heterocycles. The first-order valence-corrected chi connectivity index (χ1v) is 11.0. The smallest absolute Gasteiger partial charge is 0.293 e. The summed E-state index contributed by atoms with van der Waals surface area (Å²) in [6.07, 6.45) is 1.77. The van der Waals surface area contributed by atoms with Crippen LogP contribution in [0.5, 0.6) is 17.2 Å². The number of thioether (sulfide) groups is 1. The quantitative estimate of drug-likeness (QED) is 0.384. The fourth-order valence-electron chi connectivity index (χ4n) is 3.11. The van der Waals surface area contributed by atoms with Crippen molar-refractivity contribution in [1.82, 2.24) is 15.8 Å². The van der Waals surface area contributed by atoms with Crippen LogP contribution in [0.15, 0.2) is 47.4 Å². The second-order valence-corrected chi connectivity index (χ2v) is 8.06. The van der Waals surface area contributed by atoms with Crippen molar-refractivity contribution >= 4 is 40.8 Å². The van der Waals surface area contributed by atoms with E-state index >= 15 is 0 Å². The number of rotatable bonds is 8. The first-order chi connectivity index (χ1) is 16.3. The Morgan fingerprint density at radius 1 is 1.06 bits per heavy atom. The molecular formula is C23H23N3O7S. The van der Waals surface area contributed by atoms with E-state index in [9.17, 15) is 24.3 Å². The predicted molar refractivity (Wildman–Crippen MR) is 125 cm³/mol. The standard InChI is InChI=1S/C23H23N3O7S/c1-32-17-10-9-14(12-18(17)33-2)13-19-22(30)26(23(31)34-19)11-5-8-20(28)24-25-21(29)15-6-3-4-7-16(15)27/h3-4,6-7,9-10,12-13,27H,5,8,11H2,1-2H3,(H,24,28)(H,25,29)/b19-13-. The van der Waals surface area contributed by atoms with Gasteiger partial charge in [-0.15, -0.1) is 0 Å². The Labute approximate surface area is 199 Å². The Hall–Kier alpha value is -3.99. The summed E-state index contributed by atoms with van der Waals surface area (Å²) in [6, 6.07) is 11.0. The number of nitrogens with one attached hydrogen (secondary N) is 2. The average Bonchev–Trinajstić information content (AvgIpc) is 3.10. The fraction of sp³-hybridized carbons (Fsp3) is 0.217. The Morgan fingerprint density at radius 3 is 2.50 bits per heavy atom. The molecule has 0 atom stereocenters. The monoisotopic (exact) mass is 485 g/mol. The van der Waals surface area contributed by atoms with Crippen LogP contribution in [0, 0.1) is 0 Å². The van der Waals surface area contributed by atoms with E-state index in [1.807, 2.05) is 0 Å². The number of benzene rings is 2. The van der Waals surface area contributed by atoms with E-state index < -0.39 is 23.0 Å². The number of nitrogens with zero attached hydrogens (tertiary/aromatic N) is 1. The van der Waals surface area contributed by atoms with Crippen molar-refractivity contribution < 1.29 is 33.8 Å². The number of phenols is 1. The summed E-state index contributed by atoms with van der Waals surface area (Å²) in [5.74, 6) is -0.791. The highest BCUT2D eigenvalue weighted by Crippen LogP contribution is 2.34. The van der Waals surface area contributed by atoms with Crippen LogP contribution in [0.3, 0.4) is 0 Å². The van der Waals surface area contributed by atoms with Crippen LogP contribution in [0.1, 0.15) is 28.8 Å². The van der Waals surface area contributed by atoms with Crippen LogP contribution < -0.4 is 20.3 Å². The summed E-state index contributed by atoms with van der Waals surface area (Å²) >= 11 is 0.817. The number of carbonyl (C=O) groups is 4. The van der Waals surface area contributed by atoms with Gasteiger partial charge in [-0.2, -0.15) is 0 Å². The normalized spacial score (nSPS) is 14.3. The fourth-order valence-corrected chi connectivity index (χ4v) is 3.97. The number of carbonyl (C=O) groups excluding carboxylic acids is 4. The lowest BCUT2D eigenvalue weighted by atomic mass is 10.2. The summed E-state index contributed by atoms with van der Waals surface area (Å²) < 4.78 is 10.4. The van der Waals surface area contributed by atoms with Gasteiger partial charge in [-0.05, 0) is 54.1 Å². The summed E-state index contributed by atoms with van der Waals surface area (Å²) in [4.78, 5) is 50.3. The Bertz CT molecular complexity index is 1150. The largest absolute Gasteiger partial charge is 0.507 e. The van der Waals surface area contributed by atoms with E-state index in [1.165, 1.54) is 26.4 Å². The number of hydrogen-bond acceptors (Lipinski definition) is 8. The van der Waals surface area contributed by atoms with Crippen LogP contribution in [0.2, 0.25) is 0 Å². The highest BCUT2D eigenvalue weighted by atomic mass is 32.2. The summed E-state index contributed by atoms with van der Waals surface area (Å²) in [6.45, 7) is 0.0504. The first kappa shape index (κ1) is 24.6. The number of hydrazine groups is 1. The Morgan fingerprint density at radius 2 is 1.79 bits per heavy atom. The molecule has 11 heteroatoms. The minimum Gasteiger partial charge on any atom is -0.507 e. The minimum atomic E-state index is -0.669. The molecule has 0 bridgehead atoms. The molecule has 10 nitrogen and oxygen atoms in total. The van der Waals surface area contributed by atoms with Gasteiger partial charge in [0.05, 0.1) is 24.7 Å². The van der Waals surface area contributed by atoms with E-state index in [-0.39, 0.29) is 35.6 Å². The van der Waals surface area contributed by atoms with Crippen LogP contribution in [0.25, 0.3) is 6.08 Å². The number of hydrogen-bond donors (Lipinski definition) is 3. The van der Waals surface area contributed by atoms with Crippen molar-refractivity contribution in [3.8, 4) is 17.2 Å². The van der Waals surface area contributed by atoms with Crippen LogP contribution >= 0.6 is 11.8 Å². The van der Waals surface area contributed by atoms with Crippen LogP contribution in [0.4, 0.5) is 4.79 Å². The van der Waals surface area contributed by atoms with E-state index in [1.54, 1.807) is 36.4 Å². The highest BCUT2D eigenvalue weighted by molar-refractivity contribution is 8.18. The number of ether oxygens (including phenoxy) is 2. The summed E-state index contributed by atoms with van der Waals surface area (Å²) in [5.41, 5.74) is 5.13. The Balaban J connectivity index is 1.51. The molecule has 1 fully saturated rings. The molecule has 1 saturated heterocycles. The van der Waals surface area contributed by atoms with E-state index in [0.29, 0.717) is 17.1 Å².